The molecule has 29 heavy (non-hydrogen) atoms. The van der Waals surface area contributed by atoms with E-state index in [0.29, 0.717) is 16.5 Å². The molecule has 3 aromatic rings. The minimum absolute atomic E-state index is 0.156. The number of hydrogen-bond acceptors (Lipinski definition) is 8. The van der Waals surface area contributed by atoms with Crippen molar-refractivity contribution in [2.24, 2.45) is 0 Å². The molecule has 0 unspecified atom stereocenters. The molecule has 0 radical (unpaired) electrons. The number of methoxy groups -OCH3 is 2. The van der Waals surface area contributed by atoms with Crippen LogP contribution < -0.4 is 25.2 Å². The highest BCUT2D eigenvalue weighted by molar-refractivity contribution is 7.20. The highest BCUT2D eigenvalue weighted by Gasteiger charge is 2.20. The van der Waals surface area contributed by atoms with Crippen LogP contribution >= 0.6 is 11.3 Å². The minimum Gasteiger partial charge on any atom is -0.497 e. The Labute approximate surface area is 170 Å². The van der Waals surface area contributed by atoms with Crippen LogP contribution in [0, 0.1) is 0 Å². The number of nitrogens with one attached hydrogen (secondary N) is 1. The molecule has 1 aromatic carbocycles. The van der Waals surface area contributed by atoms with E-state index in [0.717, 1.165) is 36.6 Å². The lowest BCUT2D eigenvalue weighted by Gasteiger charge is -2.12. The van der Waals surface area contributed by atoms with E-state index in [2.05, 4.69) is 20.3 Å². The van der Waals surface area contributed by atoms with Gasteiger partial charge in [0.05, 0.1) is 14.2 Å². The van der Waals surface area contributed by atoms with Crippen molar-refractivity contribution in [2.45, 2.75) is 19.4 Å². The molecule has 152 valence electrons. The molecule has 1 aliphatic heterocycles. The van der Waals surface area contributed by atoms with Gasteiger partial charge in [0.25, 0.3) is 11.5 Å². The van der Waals surface area contributed by atoms with Gasteiger partial charge in [-0.05, 0) is 31.0 Å². The summed E-state index contributed by atoms with van der Waals surface area (Å²) >= 11 is 1.32. The summed E-state index contributed by atoms with van der Waals surface area (Å²) in [6.45, 7) is 2.05. The number of aromatic nitrogens is 3. The lowest BCUT2D eigenvalue weighted by Crippen LogP contribution is -2.27. The number of hydrogen-bond donors (Lipinski definition) is 1. The zero-order valence-electron chi connectivity index (χ0n) is 16.2. The van der Waals surface area contributed by atoms with Gasteiger partial charge in [-0.25, -0.2) is 0 Å². The molecule has 1 aliphatic rings. The normalized spacial score (nSPS) is 13.7. The van der Waals surface area contributed by atoms with Gasteiger partial charge in [-0.2, -0.15) is 9.50 Å². The molecule has 3 heterocycles. The van der Waals surface area contributed by atoms with Crippen molar-refractivity contribution in [1.29, 1.82) is 0 Å². The van der Waals surface area contributed by atoms with Gasteiger partial charge in [0.1, 0.15) is 17.2 Å². The molecular weight excluding hydrogens is 394 g/mol. The summed E-state index contributed by atoms with van der Waals surface area (Å²) in [4.78, 5) is 31.4. The van der Waals surface area contributed by atoms with Gasteiger partial charge in [-0.15, -0.1) is 5.10 Å². The summed E-state index contributed by atoms with van der Waals surface area (Å²) in [5, 5.41) is 8.12. The zero-order chi connectivity index (χ0) is 20.4. The Kier molecular flexibility index (Phi) is 5.34. The van der Waals surface area contributed by atoms with E-state index in [-0.39, 0.29) is 12.2 Å². The number of fused-ring (bicyclic) bond motifs is 1. The summed E-state index contributed by atoms with van der Waals surface area (Å²) in [6.07, 6.45) is 2.22. The van der Waals surface area contributed by atoms with Gasteiger partial charge in [0.15, 0.2) is 0 Å². The van der Waals surface area contributed by atoms with E-state index >= 15 is 0 Å². The van der Waals surface area contributed by atoms with E-state index in [1.807, 2.05) is 0 Å². The number of amides is 1. The lowest BCUT2D eigenvalue weighted by molar-refractivity contribution is 0.0943. The van der Waals surface area contributed by atoms with Crippen molar-refractivity contribution < 1.29 is 14.3 Å². The third-order valence-corrected chi connectivity index (χ3v) is 5.75. The Hall–Kier alpha value is -3.14. The molecule has 1 saturated heterocycles. The van der Waals surface area contributed by atoms with E-state index in [1.54, 1.807) is 32.4 Å². The van der Waals surface area contributed by atoms with Crippen LogP contribution in [0.4, 0.5) is 5.13 Å². The highest BCUT2D eigenvalue weighted by Crippen LogP contribution is 2.26. The Balaban J connectivity index is 1.61. The average molecular weight is 415 g/mol. The molecule has 10 heteroatoms. The fraction of sp³-hybridized carbons (Fsp3) is 0.368. The first-order valence-corrected chi connectivity index (χ1v) is 10.1. The number of ether oxygens (including phenoxy) is 2. The van der Waals surface area contributed by atoms with Gasteiger partial charge >= 0.3 is 0 Å². The predicted molar refractivity (Wildman–Crippen MR) is 109 cm³/mol. The van der Waals surface area contributed by atoms with Crippen LogP contribution in [0.15, 0.2) is 29.1 Å². The molecular formula is C19H21N5O4S. The second-order valence-electron chi connectivity index (χ2n) is 6.61. The number of rotatable bonds is 6. The van der Waals surface area contributed by atoms with Crippen LogP contribution in [-0.2, 0) is 6.54 Å². The van der Waals surface area contributed by atoms with Crippen molar-refractivity contribution in [3.63, 3.8) is 0 Å². The Morgan fingerprint density at radius 2 is 2.00 bits per heavy atom. The van der Waals surface area contributed by atoms with Crippen LogP contribution in [0.1, 0.15) is 28.9 Å². The van der Waals surface area contributed by atoms with Gasteiger partial charge in [-0.3, -0.25) is 9.59 Å². The average Bonchev–Trinajstić information content (AvgIpc) is 3.40. The Morgan fingerprint density at radius 3 is 2.72 bits per heavy atom. The smallest absolute Gasteiger partial charge is 0.274 e. The molecule has 0 saturated carbocycles. The summed E-state index contributed by atoms with van der Waals surface area (Å²) in [7, 11) is 3.14. The van der Waals surface area contributed by atoms with Crippen LogP contribution in [0.2, 0.25) is 0 Å². The van der Waals surface area contributed by atoms with Crippen molar-refractivity contribution in [3.05, 3.63) is 45.9 Å². The summed E-state index contributed by atoms with van der Waals surface area (Å²) < 4.78 is 12.0. The van der Waals surface area contributed by atoms with E-state index < -0.39 is 11.5 Å². The number of anilines is 1. The topological polar surface area (TPSA) is 98.1 Å². The molecule has 0 aliphatic carbocycles. The molecule has 4 rings (SSSR count). The molecule has 1 N–H and O–H groups in total. The van der Waals surface area contributed by atoms with Crippen molar-refractivity contribution >= 4 is 27.3 Å². The van der Waals surface area contributed by atoms with E-state index in [1.165, 1.54) is 21.9 Å². The Bertz CT molecular complexity index is 1100. The number of carbonyl (C=O) groups is 1. The van der Waals surface area contributed by atoms with Crippen LogP contribution in [0.3, 0.4) is 0 Å². The molecule has 9 nitrogen and oxygen atoms in total. The zero-order valence-corrected chi connectivity index (χ0v) is 17.0. The maximum absolute atomic E-state index is 12.8. The largest absolute Gasteiger partial charge is 0.497 e. The maximum atomic E-state index is 12.8. The van der Waals surface area contributed by atoms with Gasteiger partial charge in [0.2, 0.25) is 10.1 Å². The third-order valence-electron chi connectivity index (χ3n) is 4.78. The first-order valence-electron chi connectivity index (χ1n) is 9.24. The van der Waals surface area contributed by atoms with Crippen LogP contribution in [0.5, 0.6) is 11.5 Å². The van der Waals surface area contributed by atoms with Crippen LogP contribution in [0.25, 0.3) is 4.96 Å². The van der Waals surface area contributed by atoms with Gasteiger partial charge in [-0.1, -0.05) is 11.3 Å². The fourth-order valence-electron chi connectivity index (χ4n) is 3.29. The molecule has 0 spiro atoms. The molecule has 2 aromatic heterocycles. The summed E-state index contributed by atoms with van der Waals surface area (Å²) in [5.41, 5.74) is 0.447. The number of nitrogens with zero attached hydrogens (tertiary/aromatic N) is 4. The first-order chi connectivity index (χ1) is 14.1. The Morgan fingerprint density at radius 1 is 1.21 bits per heavy atom. The van der Waals surface area contributed by atoms with E-state index in [4.69, 9.17) is 9.47 Å². The minimum atomic E-state index is -0.467. The van der Waals surface area contributed by atoms with E-state index in [9.17, 15) is 9.59 Å². The standard InChI is InChI=1S/C19H21N5O4S/c1-27-13-5-6-15(28-2)12(9-13)11-20-17(26)14-10-16(25)21-18-24(14)22-19(29-18)23-7-3-4-8-23/h5-6,9-10H,3-4,7-8,11H2,1-2H3,(H,20,26). The molecule has 0 bridgehead atoms. The summed E-state index contributed by atoms with van der Waals surface area (Å²) in [5.74, 6) is 0.878. The van der Waals surface area contributed by atoms with Crippen molar-refractivity contribution in [1.82, 2.24) is 19.9 Å². The predicted octanol–water partition coefficient (Wildman–Crippen LogP) is 1.70. The van der Waals surface area contributed by atoms with Crippen molar-refractivity contribution in [2.75, 3.05) is 32.2 Å². The van der Waals surface area contributed by atoms with Gasteiger partial charge < -0.3 is 19.7 Å². The number of benzene rings is 1. The second kappa shape index (κ2) is 8.08. The summed E-state index contributed by atoms with van der Waals surface area (Å²) in [6, 6.07) is 6.56. The first kappa shape index (κ1) is 19.2. The highest BCUT2D eigenvalue weighted by atomic mass is 32.1. The SMILES string of the molecule is COc1ccc(OC)c(CNC(=O)c2cc(=O)nc3sc(N4CCCC4)nn23)c1. The fourth-order valence-corrected chi connectivity index (χ4v) is 4.25. The molecule has 1 fully saturated rings. The van der Waals surface area contributed by atoms with Crippen molar-refractivity contribution in [3.8, 4) is 11.5 Å². The third kappa shape index (κ3) is 3.88. The van der Waals surface area contributed by atoms with Gasteiger partial charge in [0, 0.05) is 31.3 Å². The molecule has 0 atom stereocenters. The van der Waals surface area contributed by atoms with Crippen LogP contribution in [-0.4, -0.2) is 47.8 Å². The number of carbonyl (C=O) groups excluding carboxylic acids is 1. The lowest BCUT2D eigenvalue weighted by atomic mass is 10.2. The maximum Gasteiger partial charge on any atom is 0.274 e. The quantitative estimate of drug-likeness (QED) is 0.654. The monoisotopic (exact) mass is 415 g/mol. The second-order valence-corrected chi connectivity index (χ2v) is 7.55. The molecule has 1 amide bonds.